The number of amides is 1. The minimum Gasteiger partial charge on any atom is -0.436 e. The Labute approximate surface area is 165 Å². The number of oxime groups is 1. The lowest BCUT2D eigenvalue weighted by atomic mass is 9.88. The number of Topliss-reactive ketones (excluding diaryl/α,β-unsaturated/α-hetero) is 1. The number of nitrogens with one attached hydrogen (secondary N) is 1. The second kappa shape index (κ2) is 11.2. The Morgan fingerprint density at radius 3 is 2.39 bits per heavy atom. The molecule has 1 saturated carbocycles. The van der Waals surface area contributed by atoms with Crippen LogP contribution in [-0.2, 0) is 14.4 Å². The maximum absolute atomic E-state index is 12.7. The monoisotopic (exact) mass is 388 g/mol. The first kappa shape index (κ1) is 21.6. The highest BCUT2D eigenvalue weighted by Gasteiger charge is 2.21. The van der Waals surface area contributed by atoms with Gasteiger partial charge in [0.15, 0.2) is 0 Å². The first-order chi connectivity index (χ1) is 13.5. The molecule has 1 N–H and O–H groups in total. The molecule has 0 heterocycles. The van der Waals surface area contributed by atoms with Crippen molar-refractivity contribution in [2.45, 2.75) is 58.3 Å². The van der Waals surface area contributed by atoms with E-state index >= 15 is 0 Å². The molecule has 2 rings (SSSR count). The number of anilines is 1. The van der Waals surface area contributed by atoms with E-state index in [4.69, 9.17) is 0 Å². The van der Waals surface area contributed by atoms with Gasteiger partial charge < -0.3 is 10.1 Å². The fourth-order valence-electron chi connectivity index (χ4n) is 3.16. The molecule has 0 aliphatic heterocycles. The number of methoxy groups -OCH3 is 1. The van der Waals surface area contributed by atoms with Crippen molar-refractivity contribution >= 4 is 29.2 Å². The molecule has 1 aliphatic carbocycles. The van der Waals surface area contributed by atoms with Gasteiger partial charge in [0.1, 0.15) is 5.71 Å². The van der Waals surface area contributed by atoms with Crippen LogP contribution in [0.15, 0.2) is 29.4 Å². The van der Waals surface area contributed by atoms with Gasteiger partial charge in [-0.05, 0) is 49.9 Å². The average Bonchev–Trinajstić information content (AvgIpc) is 2.74. The summed E-state index contributed by atoms with van der Waals surface area (Å²) in [7, 11) is 1.17. The van der Waals surface area contributed by atoms with E-state index in [9.17, 15) is 14.4 Å². The summed E-state index contributed by atoms with van der Waals surface area (Å²) >= 11 is 0. The van der Waals surface area contributed by atoms with Crippen LogP contribution in [0.5, 0.6) is 0 Å². The second-order valence-electron chi connectivity index (χ2n) is 6.92. The van der Waals surface area contributed by atoms with Crippen molar-refractivity contribution in [2.24, 2.45) is 11.1 Å². The molecule has 0 aromatic heterocycles. The molecule has 0 bridgehead atoms. The molecule has 1 amide bonds. The van der Waals surface area contributed by atoms with E-state index in [1.807, 2.05) is 6.92 Å². The predicted molar refractivity (Wildman–Crippen MR) is 106 cm³/mol. The third kappa shape index (κ3) is 6.48. The van der Waals surface area contributed by atoms with Crippen LogP contribution in [0.25, 0.3) is 0 Å². The topological polar surface area (TPSA) is 94.1 Å². The minimum absolute atomic E-state index is 0.0375. The van der Waals surface area contributed by atoms with Crippen LogP contribution < -0.4 is 5.32 Å². The maximum atomic E-state index is 12.7. The highest BCUT2D eigenvalue weighted by Crippen LogP contribution is 2.25. The third-order valence-corrected chi connectivity index (χ3v) is 4.82. The standard InChI is InChI=1S/C21H28N2O5/c1-3-4-10-18(23-28-21(26)27-2)19(24)15-11-13-17(14-12-15)22-20(25)16-8-6-5-7-9-16/h11-14,16H,3-10H2,1-2H3,(H,22,25)/b23-18+. The molecule has 1 fully saturated rings. The Bertz CT molecular complexity index is 706. The van der Waals surface area contributed by atoms with Gasteiger partial charge in [-0.2, -0.15) is 0 Å². The van der Waals surface area contributed by atoms with Crippen molar-refractivity contribution in [1.29, 1.82) is 0 Å². The smallest absolute Gasteiger partial charge is 0.436 e. The van der Waals surface area contributed by atoms with E-state index in [1.54, 1.807) is 24.3 Å². The number of hydrogen-bond donors (Lipinski definition) is 1. The van der Waals surface area contributed by atoms with Crippen molar-refractivity contribution in [1.82, 2.24) is 0 Å². The van der Waals surface area contributed by atoms with Gasteiger partial charge in [-0.25, -0.2) is 4.79 Å². The number of rotatable bonds is 8. The fraction of sp³-hybridized carbons (Fsp3) is 0.524. The molecule has 152 valence electrons. The van der Waals surface area contributed by atoms with Crippen LogP contribution in [0, 0.1) is 5.92 Å². The number of unbranched alkanes of at least 4 members (excludes halogenated alkanes) is 1. The van der Waals surface area contributed by atoms with Gasteiger partial charge in [-0.15, -0.1) is 0 Å². The van der Waals surface area contributed by atoms with Crippen LogP contribution in [0.4, 0.5) is 10.5 Å². The first-order valence-corrected chi connectivity index (χ1v) is 9.82. The summed E-state index contributed by atoms with van der Waals surface area (Å²) in [5, 5.41) is 6.59. The molecule has 1 aromatic rings. The predicted octanol–water partition coefficient (Wildman–Crippen LogP) is 4.72. The summed E-state index contributed by atoms with van der Waals surface area (Å²) in [6, 6.07) is 6.68. The number of ether oxygens (including phenoxy) is 1. The van der Waals surface area contributed by atoms with Gasteiger partial charge in [-0.3, -0.25) is 14.4 Å². The summed E-state index contributed by atoms with van der Waals surface area (Å²) in [5.41, 5.74) is 1.23. The Hall–Kier alpha value is -2.70. The molecule has 7 nitrogen and oxygen atoms in total. The molecular weight excluding hydrogens is 360 g/mol. The van der Waals surface area contributed by atoms with Gasteiger partial charge in [0, 0.05) is 17.2 Å². The van der Waals surface area contributed by atoms with E-state index < -0.39 is 6.16 Å². The van der Waals surface area contributed by atoms with E-state index in [1.165, 1.54) is 13.5 Å². The van der Waals surface area contributed by atoms with Crippen molar-refractivity contribution < 1.29 is 24.0 Å². The lowest BCUT2D eigenvalue weighted by molar-refractivity contribution is -0.120. The molecule has 28 heavy (non-hydrogen) atoms. The molecule has 0 unspecified atom stereocenters. The summed E-state index contributed by atoms with van der Waals surface area (Å²) in [6.45, 7) is 1.99. The quantitative estimate of drug-likeness (QED) is 0.229. The Morgan fingerprint density at radius 2 is 1.79 bits per heavy atom. The van der Waals surface area contributed by atoms with Gasteiger partial charge >= 0.3 is 6.16 Å². The van der Waals surface area contributed by atoms with Gasteiger partial charge in [-0.1, -0.05) is 37.8 Å². The molecule has 0 atom stereocenters. The Balaban J connectivity index is 2.03. The number of carbonyl (C=O) groups is 3. The molecule has 1 aliphatic rings. The fourth-order valence-corrected chi connectivity index (χ4v) is 3.16. The van der Waals surface area contributed by atoms with E-state index in [2.05, 4.69) is 20.0 Å². The first-order valence-electron chi connectivity index (χ1n) is 9.82. The Morgan fingerprint density at radius 1 is 1.11 bits per heavy atom. The summed E-state index contributed by atoms with van der Waals surface area (Å²) < 4.78 is 4.37. The zero-order valence-corrected chi connectivity index (χ0v) is 16.5. The number of carbonyl (C=O) groups excluding carboxylic acids is 3. The SMILES string of the molecule is CCCC/C(=N\OC(=O)OC)C(=O)c1ccc(NC(=O)C2CCCCC2)cc1. The van der Waals surface area contributed by atoms with E-state index in [0.29, 0.717) is 17.7 Å². The molecular formula is C21H28N2O5. The number of benzene rings is 1. The normalized spacial score (nSPS) is 15.0. The lowest BCUT2D eigenvalue weighted by Crippen LogP contribution is -2.24. The maximum Gasteiger partial charge on any atom is 0.534 e. The van der Waals surface area contributed by atoms with E-state index in [-0.39, 0.29) is 23.3 Å². The largest absolute Gasteiger partial charge is 0.534 e. The molecule has 0 saturated heterocycles. The van der Waals surface area contributed by atoms with Crippen LogP contribution in [-0.4, -0.2) is 30.7 Å². The molecule has 7 heteroatoms. The molecule has 0 spiro atoms. The average molecular weight is 388 g/mol. The van der Waals surface area contributed by atoms with Gasteiger partial charge in [0.25, 0.3) is 0 Å². The highest BCUT2D eigenvalue weighted by atomic mass is 16.8. The Kier molecular flexibility index (Phi) is 8.65. The third-order valence-electron chi connectivity index (χ3n) is 4.82. The van der Waals surface area contributed by atoms with Crippen LogP contribution >= 0.6 is 0 Å². The zero-order valence-electron chi connectivity index (χ0n) is 16.5. The molecule has 0 radical (unpaired) electrons. The summed E-state index contributed by atoms with van der Waals surface area (Å²) in [4.78, 5) is 40.7. The van der Waals surface area contributed by atoms with Crippen LogP contribution in [0.3, 0.4) is 0 Å². The van der Waals surface area contributed by atoms with Crippen molar-refractivity contribution in [3.63, 3.8) is 0 Å². The minimum atomic E-state index is -0.970. The number of nitrogens with zero attached hydrogens (tertiary/aromatic N) is 1. The van der Waals surface area contributed by atoms with Crippen LogP contribution in [0.1, 0.15) is 68.6 Å². The number of ketones is 1. The van der Waals surface area contributed by atoms with Gasteiger partial charge in [0.2, 0.25) is 11.7 Å². The van der Waals surface area contributed by atoms with Crippen molar-refractivity contribution in [3.8, 4) is 0 Å². The zero-order chi connectivity index (χ0) is 20.4. The van der Waals surface area contributed by atoms with Gasteiger partial charge in [0.05, 0.1) is 7.11 Å². The number of hydrogen-bond acceptors (Lipinski definition) is 6. The van der Waals surface area contributed by atoms with Crippen LogP contribution in [0.2, 0.25) is 0 Å². The highest BCUT2D eigenvalue weighted by molar-refractivity contribution is 6.45. The summed E-state index contributed by atoms with van der Waals surface area (Å²) in [5.74, 6) is -0.212. The lowest BCUT2D eigenvalue weighted by Gasteiger charge is -2.20. The molecule has 1 aromatic carbocycles. The summed E-state index contributed by atoms with van der Waals surface area (Å²) in [6.07, 6.45) is 6.29. The van der Waals surface area contributed by atoms with Crippen molar-refractivity contribution in [2.75, 3.05) is 12.4 Å². The second-order valence-corrected chi connectivity index (χ2v) is 6.92. The van der Waals surface area contributed by atoms with E-state index in [0.717, 1.165) is 38.5 Å². The van der Waals surface area contributed by atoms with Crippen molar-refractivity contribution in [3.05, 3.63) is 29.8 Å².